The zero-order valence-electron chi connectivity index (χ0n) is 19.6. The van der Waals surface area contributed by atoms with Gasteiger partial charge in [-0.3, -0.25) is 9.59 Å². The summed E-state index contributed by atoms with van der Waals surface area (Å²) in [6.07, 6.45) is 0.419. The molecule has 5 heteroatoms. The Balaban J connectivity index is 0. The molecule has 0 saturated heterocycles. The Labute approximate surface area is 182 Å². The lowest BCUT2D eigenvalue weighted by Gasteiger charge is -2.23. The summed E-state index contributed by atoms with van der Waals surface area (Å²) in [6, 6.07) is 18.9. The zero-order chi connectivity index (χ0) is 23.5. The Morgan fingerprint density at radius 3 is 1.73 bits per heavy atom. The maximum Gasteiger partial charge on any atom is 0.307 e. The van der Waals surface area contributed by atoms with Crippen LogP contribution in [-0.2, 0) is 9.59 Å². The first-order valence-electron chi connectivity index (χ1n) is 10.7. The Bertz CT molecular complexity index is 675. The Morgan fingerprint density at radius 2 is 1.30 bits per heavy atom. The number of nitrogens with one attached hydrogen (secondary N) is 1. The van der Waals surface area contributed by atoms with Gasteiger partial charge in [0, 0.05) is 11.6 Å². The maximum atomic E-state index is 12.4. The number of carboxylic acid groups (broad SMARTS) is 1. The van der Waals surface area contributed by atoms with E-state index in [9.17, 15) is 14.7 Å². The van der Waals surface area contributed by atoms with Gasteiger partial charge in [0.2, 0.25) is 5.91 Å². The highest BCUT2D eigenvalue weighted by Gasteiger charge is 2.31. The topological polar surface area (TPSA) is 92.4 Å². The average Bonchev–Trinajstić information content (AvgIpc) is 2.82. The number of hydrogen-bond donors (Lipinski definition) is 3. The molecule has 0 aliphatic carbocycles. The molecule has 5 nitrogen and oxygen atoms in total. The summed E-state index contributed by atoms with van der Waals surface area (Å²) in [7, 11) is 1.50. The average molecular weight is 417 g/mol. The van der Waals surface area contributed by atoms with Crippen LogP contribution in [0.2, 0.25) is 0 Å². The Kier molecular flexibility index (Phi) is 18.1. The number of carbonyl (C=O) groups excluding carboxylic acids is 1. The van der Waals surface area contributed by atoms with E-state index in [1.807, 2.05) is 83.1 Å². The van der Waals surface area contributed by atoms with Gasteiger partial charge >= 0.3 is 5.97 Å². The van der Waals surface area contributed by atoms with Crippen LogP contribution >= 0.6 is 0 Å². The molecule has 0 aliphatic heterocycles. The molecule has 2 aromatic rings. The molecule has 4 N–H and O–H groups in total. The van der Waals surface area contributed by atoms with Crippen molar-refractivity contribution >= 4 is 17.6 Å². The number of carboxylic acids is 1. The van der Waals surface area contributed by atoms with Gasteiger partial charge in [-0.2, -0.15) is 0 Å². The lowest BCUT2D eigenvalue weighted by Crippen LogP contribution is -2.32. The van der Waals surface area contributed by atoms with Crippen molar-refractivity contribution in [3.8, 4) is 0 Å². The fraction of sp³-hybridized carbons (Fsp3) is 0.440. The predicted molar refractivity (Wildman–Crippen MR) is 128 cm³/mol. The second-order valence-corrected chi connectivity index (χ2v) is 6.14. The molecule has 2 rings (SSSR count). The molecule has 0 aliphatic rings. The fourth-order valence-electron chi connectivity index (χ4n) is 2.78. The van der Waals surface area contributed by atoms with Gasteiger partial charge in [0.1, 0.15) is 0 Å². The minimum Gasteiger partial charge on any atom is -0.481 e. The summed E-state index contributed by atoms with van der Waals surface area (Å²) in [5, 5.41) is 12.4. The van der Waals surface area contributed by atoms with Gasteiger partial charge in [-0.05, 0) is 37.1 Å². The van der Waals surface area contributed by atoms with Crippen molar-refractivity contribution < 1.29 is 14.7 Å². The molecular weight excluding hydrogens is 376 g/mol. The Morgan fingerprint density at radius 1 is 0.867 bits per heavy atom. The number of amides is 1. The summed E-state index contributed by atoms with van der Waals surface area (Å²) in [5.41, 5.74) is 6.26. The number of nitrogens with two attached hydrogens (primary N) is 1. The van der Waals surface area contributed by atoms with Gasteiger partial charge in [-0.25, -0.2) is 0 Å². The highest BCUT2D eigenvalue weighted by atomic mass is 16.4. The predicted octanol–water partition coefficient (Wildman–Crippen LogP) is 5.78. The van der Waals surface area contributed by atoms with Crippen molar-refractivity contribution in [1.82, 2.24) is 0 Å². The van der Waals surface area contributed by atoms with Crippen molar-refractivity contribution in [2.75, 3.05) is 12.4 Å². The van der Waals surface area contributed by atoms with Crippen molar-refractivity contribution in [1.29, 1.82) is 0 Å². The maximum absolute atomic E-state index is 12.4. The van der Waals surface area contributed by atoms with Crippen LogP contribution in [-0.4, -0.2) is 24.0 Å². The first-order chi connectivity index (χ1) is 14.5. The van der Waals surface area contributed by atoms with Crippen LogP contribution in [0, 0.1) is 11.8 Å². The van der Waals surface area contributed by atoms with E-state index < -0.39 is 17.8 Å². The van der Waals surface area contributed by atoms with E-state index in [0.29, 0.717) is 12.1 Å². The lowest BCUT2D eigenvalue weighted by atomic mass is 9.83. The molecule has 0 bridgehead atoms. The van der Waals surface area contributed by atoms with E-state index in [0.717, 1.165) is 5.56 Å². The Hall–Kier alpha value is -2.66. The van der Waals surface area contributed by atoms with E-state index >= 15 is 0 Å². The van der Waals surface area contributed by atoms with Gasteiger partial charge in [0.25, 0.3) is 0 Å². The third-order valence-corrected chi connectivity index (χ3v) is 4.35. The first-order valence-corrected chi connectivity index (χ1v) is 10.7. The SMILES string of the molecule is CC.CC.CC(CC(C(=O)O)C(C)C(=O)Nc1ccccc1)c1ccccc1.CN. The highest BCUT2D eigenvalue weighted by molar-refractivity contribution is 5.94. The summed E-state index contributed by atoms with van der Waals surface area (Å²) in [6.45, 7) is 11.7. The summed E-state index contributed by atoms with van der Waals surface area (Å²) < 4.78 is 0. The minimum absolute atomic E-state index is 0.0688. The molecule has 1 amide bonds. The van der Waals surface area contributed by atoms with Crippen LogP contribution in [0.5, 0.6) is 0 Å². The van der Waals surface area contributed by atoms with Crippen LogP contribution in [0.15, 0.2) is 60.7 Å². The standard InChI is InChI=1S/C20H23NO3.2C2H6.CH5N/c1-14(16-9-5-3-6-10-16)13-18(20(23)24)15(2)19(22)21-17-11-7-4-8-12-17;3*1-2/h3-12,14-15,18H,13H2,1-2H3,(H,21,22)(H,23,24);2*1-2H3;2H2,1H3. The molecule has 3 unspecified atom stereocenters. The number of carbonyl (C=O) groups is 2. The lowest BCUT2D eigenvalue weighted by molar-refractivity contribution is -0.146. The number of rotatable bonds is 7. The minimum atomic E-state index is -0.937. The van der Waals surface area contributed by atoms with Crippen molar-refractivity contribution in [2.45, 2.75) is 53.9 Å². The summed E-state index contributed by atoms with van der Waals surface area (Å²) in [5.74, 6) is -2.49. The number of hydrogen-bond acceptors (Lipinski definition) is 3. The first kappa shape index (κ1) is 29.5. The van der Waals surface area contributed by atoms with E-state index in [-0.39, 0.29) is 11.8 Å². The second kappa shape index (κ2) is 18.4. The van der Waals surface area contributed by atoms with E-state index in [1.165, 1.54) is 7.05 Å². The molecule has 0 fully saturated rings. The smallest absolute Gasteiger partial charge is 0.307 e. The molecule has 0 aromatic heterocycles. The normalized spacial score (nSPS) is 12.1. The molecule has 30 heavy (non-hydrogen) atoms. The number of benzene rings is 2. The third-order valence-electron chi connectivity index (χ3n) is 4.35. The van der Waals surface area contributed by atoms with Gasteiger partial charge in [0.05, 0.1) is 5.92 Å². The molecule has 0 radical (unpaired) electrons. The second-order valence-electron chi connectivity index (χ2n) is 6.14. The quantitative estimate of drug-likeness (QED) is 0.533. The third kappa shape index (κ3) is 10.8. The molecule has 0 saturated carbocycles. The van der Waals surface area contributed by atoms with Gasteiger partial charge in [-0.1, -0.05) is 90.1 Å². The van der Waals surface area contributed by atoms with Crippen LogP contribution < -0.4 is 11.1 Å². The molecule has 0 spiro atoms. The fourth-order valence-corrected chi connectivity index (χ4v) is 2.78. The summed E-state index contributed by atoms with van der Waals surface area (Å²) in [4.78, 5) is 24.1. The van der Waals surface area contributed by atoms with Crippen molar-refractivity contribution in [3.63, 3.8) is 0 Å². The van der Waals surface area contributed by atoms with Crippen LogP contribution in [0.4, 0.5) is 5.69 Å². The molecular formula is C25H40N2O3. The van der Waals surface area contributed by atoms with Crippen molar-refractivity contribution in [2.24, 2.45) is 17.6 Å². The van der Waals surface area contributed by atoms with Gasteiger partial charge in [-0.15, -0.1) is 0 Å². The molecule has 2 aromatic carbocycles. The highest BCUT2D eigenvalue weighted by Crippen LogP contribution is 2.28. The zero-order valence-corrected chi connectivity index (χ0v) is 19.6. The number of para-hydroxylation sites is 1. The monoisotopic (exact) mass is 416 g/mol. The molecule has 3 atom stereocenters. The van der Waals surface area contributed by atoms with Crippen LogP contribution in [0.25, 0.3) is 0 Å². The van der Waals surface area contributed by atoms with Crippen LogP contribution in [0.1, 0.15) is 59.4 Å². The number of aliphatic carboxylic acids is 1. The van der Waals surface area contributed by atoms with Crippen LogP contribution in [0.3, 0.4) is 0 Å². The van der Waals surface area contributed by atoms with Crippen molar-refractivity contribution in [3.05, 3.63) is 66.2 Å². The van der Waals surface area contributed by atoms with Gasteiger partial charge in [0.15, 0.2) is 0 Å². The summed E-state index contributed by atoms with van der Waals surface area (Å²) >= 11 is 0. The molecule has 0 heterocycles. The van der Waals surface area contributed by atoms with E-state index in [1.54, 1.807) is 19.1 Å². The molecule has 168 valence electrons. The van der Waals surface area contributed by atoms with Gasteiger partial charge < -0.3 is 16.2 Å². The van der Waals surface area contributed by atoms with E-state index in [2.05, 4.69) is 11.1 Å². The van der Waals surface area contributed by atoms with E-state index in [4.69, 9.17) is 0 Å². The number of anilines is 1. The largest absolute Gasteiger partial charge is 0.481 e.